The van der Waals surface area contributed by atoms with Gasteiger partial charge in [0.05, 0.1) is 12.3 Å². The van der Waals surface area contributed by atoms with Gasteiger partial charge in [0.15, 0.2) is 0 Å². The summed E-state index contributed by atoms with van der Waals surface area (Å²) in [7, 11) is 0. The van der Waals surface area contributed by atoms with Crippen molar-refractivity contribution in [2.24, 2.45) is 11.8 Å². The number of benzene rings is 1. The molecule has 0 fully saturated rings. The first kappa shape index (κ1) is 24.9. The van der Waals surface area contributed by atoms with Crippen molar-refractivity contribution in [3.8, 4) is 0 Å². The van der Waals surface area contributed by atoms with Gasteiger partial charge in [0.2, 0.25) is 0 Å². The van der Waals surface area contributed by atoms with Crippen LogP contribution in [0.15, 0.2) is 30.3 Å². The van der Waals surface area contributed by atoms with E-state index in [4.69, 9.17) is 9.47 Å². The molecule has 0 radical (unpaired) electrons. The first-order valence-corrected chi connectivity index (χ1v) is 10.6. The van der Waals surface area contributed by atoms with Crippen LogP contribution in [0.4, 0.5) is 0 Å². The van der Waals surface area contributed by atoms with Gasteiger partial charge in [-0.2, -0.15) is 0 Å². The molecule has 0 heterocycles. The zero-order chi connectivity index (χ0) is 21.9. The van der Waals surface area contributed by atoms with Crippen LogP contribution in [0.3, 0.4) is 0 Å². The molecule has 0 aromatic heterocycles. The van der Waals surface area contributed by atoms with Crippen LogP contribution in [0.5, 0.6) is 0 Å². The quantitative estimate of drug-likeness (QED) is 0.351. The molecular weight excluding hydrogens is 368 g/mol. The van der Waals surface area contributed by atoms with Crippen LogP contribution in [0.2, 0.25) is 0 Å². The third kappa shape index (κ3) is 10.8. The first-order chi connectivity index (χ1) is 13.6. The lowest BCUT2D eigenvalue weighted by Gasteiger charge is -2.24. The van der Waals surface area contributed by atoms with Crippen molar-refractivity contribution in [3.63, 3.8) is 0 Å². The number of unbranched alkanes of at least 4 members (excludes halogenated alkanes) is 2. The highest BCUT2D eigenvalue weighted by Crippen LogP contribution is 2.22. The Hall–Kier alpha value is -2.17. The fourth-order valence-corrected chi connectivity index (χ4v) is 2.93. The lowest BCUT2D eigenvalue weighted by molar-refractivity contribution is -0.161. The number of ether oxygens (including phenoxy) is 2. The normalized spacial score (nSPS) is 13.4. The Kier molecular flexibility index (Phi) is 10.6. The van der Waals surface area contributed by atoms with E-state index >= 15 is 0 Å². The molecule has 0 amide bonds. The van der Waals surface area contributed by atoms with E-state index in [1.54, 1.807) is 6.92 Å². The summed E-state index contributed by atoms with van der Waals surface area (Å²) in [5, 5.41) is 0. The summed E-state index contributed by atoms with van der Waals surface area (Å²) >= 11 is 0. The van der Waals surface area contributed by atoms with Gasteiger partial charge in [-0.15, -0.1) is 0 Å². The van der Waals surface area contributed by atoms with Crippen molar-refractivity contribution in [1.29, 1.82) is 0 Å². The highest BCUT2D eigenvalue weighted by Gasteiger charge is 2.29. The summed E-state index contributed by atoms with van der Waals surface area (Å²) in [5.74, 6) is -1.80. The minimum atomic E-state index is -0.587. The van der Waals surface area contributed by atoms with E-state index < -0.39 is 23.4 Å². The largest absolute Gasteiger partial charge is 0.461 e. The molecule has 0 bridgehead atoms. The standard InChI is InChI=1S/C24H36O5/c1-6-7-9-14-20(23(27)29-24(3,4)5)16-21(25)18(2)15-22(26)28-17-19-12-10-8-11-13-19/h8,10-13,18,20H,6-7,9,14-17H2,1-5H3/t18-,20+/m0/s1. The number of carbonyl (C=O) groups excluding carboxylic acids is 3. The van der Waals surface area contributed by atoms with Crippen LogP contribution < -0.4 is 0 Å². The van der Waals surface area contributed by atoms with Crippen LogP contribution in [0, 0.1) is 11.8 Å². The monoisotopic (exact) mass is 404 g/mol. The van der Waals surface area contributed by atoms with Crippen LogP contribution in [-0.4, -0.2) is 23.3 Å². The predicted molar refractivity (Wildman–Crippen MR) is 113 cm³/mol. The Morgan fingerprint density at radius 2 is 1.66 bits per heavy atom. The van der Waals surface area contributed by atoms with Crippen molar-refractivity contribution < 1.29 is 23.9 Å². The molecule has 0 aliphatic carbocycles. The minimum Gasteiger partial charge on any atom is -0.461 e. The molecule has 1 rings (SSSR count). The van der Waals surface area contributed by atoms with Gasteiger partial charge in [0, 0.05) is 12.3 Å². The molecule has 1 aromatic rings. The topological polar surface area (TPSA) is 69.7 Å². The van der Waals surface area contributed by atoms with E-state index in [-0.39, 0.29) is 31.2 Å². The maximum Gasteiger partial charge on any atom is 0.309 e. The van der Waals surface area contributed by atoms with Gasteiger partial charge in [-0.05, 0) is 32.8 Å². The molecule has 2 atom stereocenters. The highest BCUT2D eigenvalue weighted by molar-refractivity contribution is 5.88. The number of rotatable bonds is 12. The maximum absolute atomic E-state index is 12.7. The molecule has 0 aliphatic heterocycles. The Labute approximate surface area is 175 Å². The number of hydrogen-bond donors (Lipinski definition) is 0. The van der Waals surface area contributed by atoms with Crippen LogP contribution in [-0.2, 0) is 30.5 Å². The van der Waals surface area contributed by atoms with E-state index in [9.17, 15) is 14.4 Å². The molecular formula is C24H36O5. The number of Topliss-reactive ketones (excluding diaryl/α,β-unsaturated/α-hetero) is 1. The second-order valence-electron chi connectivity index (χ2n) is 8.65. The lowest BCUT2D eigenvalue weighted by Crippen LogP contribution is -2.31. The van der Waals surface area contributed by atoms with Crippen molar-refractivity contribution in [2.45, 2.75) is 85.4 Å². The molecule has 0 aliphatic rings. The zero-order valence-electron chi connectivity index (χ0n) is 18.5. The average molecular weight is 405 g/mol. The van der Waals surface area contributed by atoms with Crippen molar-refractivity contribution in [1.82, 2.24) is 0 Å². The Morgan fingerprint density at radius 3 is 2.24 bits per heavy atom. The van der Waals surface area contributed by atoms with Crippen molar-refractivity contribution >= 4 is 17.7 Å². The number of ketones is 1. The van der Waals surface area contributed by atoms with Gasteiger partial charge in [-0.1, -0.05) is 63.4 Å². The smallest absolute Gasteiger partial charge is 0.309 e. The molecule has 0 N–H and O–H groups in total. The SMILES string of the molecule is CCCCC[C@H](CC(=O)[C@@H](C)CC(=O)OCc1ccccc1)C(=O)OC(C)(C)C. The minimum absolute atomic E-state index is 0.0155. The number of esters is 2. The zero-order valence-corrected chi connectivity index (χ0v) is 18.5. The maximum atomic E-state index is 12.7. The van der Waals surface area contributed by atoms with E-state index in [1.165, 1.54) is 0 Å². The predicted octanol–water partition coefficient (Wildman–Crippen LogP) is 5.25. The Bertz CT molecular complexity index is 645. The van der Waals surface area contributed by atoms with Gasteiger partial charge in [-0.25, -0.2) is 0 Å². The molecule has 1 aromatic carbocycles. The van der Waals surface area contributed by atoms with Gasteiger partial charge in [0.25, 0.3) is 0 Å². The third-order valence-electron chi connectivity index (χ3n) is 4.61. The highest BCUT2D eigenvalue weighted by atomic mass is 16.6. The van der Waals surface area contributed by atoms with Crippen molar-refractivity contribution in [3.05, 3.63) is 35.9 Å². The van der Waals surface area contributed by atoms with Gasteiger partial charge < -0.3 is 9.47 Å². The van der Waals surface area contributed by atoms with Crippen molar-refractivity contribution in [2.75, 3.05) is 0 Å². The summed E-state index contributed by atoms with van der Waals surface area (Å²) in [6, 6.07) is 9.41. The van der Waals surface area contributed by atoms with Crippen LogP contribution >= 0.6 is 0 Å². The van der Waals surface area contributed by atoms with Gasteiger partial charge in [-0.3, -0.25) is 14.4 Å². The average Bonchev–Trinajstić information content (AvgIpc) is 2.65. The third-order valence-corrected chi connectivity index (χ3v) is 4.61. The molecule has 29 heavy (non-hydrogen) atoms. The number of carbonyl (C=O) groups is 3. The van der Waals surface area contributed by atoms with Crippen LogP contribution in [0.25, 0.3) is 0 Å². The molecule has 0 unspecified atom stereocenters. The molecule has 0 saturated carbocycles. The van der Waals surface area contributed by atoms with E-state index in [2.05, 4.69) is 6.92 Å². The Morgan fingerprint density at radius 1 is 1.00 bits per heavy atom. The van der Waals surface area contributed by atoms with Crippen LogP contribution in [0.1, 0.15) is 78.7 Å². The summed E-state index contributed by atoms with van der Waals surface area (Å²) in [5.41, 5.74) is 0.316. The summed E-state index contributed by atoms with van der Waals surface area (Å²) in [6.45, 7) is 9.46. The van der Waals surface area contributed by atoms with E-state index in [1.807, 2.05) is 51.1 Å². The second-order valence-corrected chi connectivity index (χ2v) is 8.65. The summed E-state index contributed by atoms with van der Waals surface area (Å²) < 4.78 is 10.8. The molecule has 5 heteroatoms. The van der Waals surface area contributed by atoms with Gasteiger partial charge >= 0.3 is 11.9 Å². The number of hydrogen-bond acceptors (Lipinski definition) is 5. The lowest BCUT2D eigenvalue weighted by atomic mass is 9.90. The Balaban J connectivity index is 2.57. The fraction of sp³-hybridized carbons (Fsp3) is 0.625. The van der Waals surface area contributed by atoms with E-state index in [0.29, 0.717) is 6.42 Å². The molecule has 0 spiro atoms. The second kappa shape index (κ2) is 12.4. The first-order valence-electron chi connectivity index (χ1n) is 10.6. The van der Waals surface area contributed by atoms with Gasteiger partial charge in [0.1, 0.15) is 18.0 Å². The molecule has 162 valence electrons. The fourth-order valence-electron chi connectivity index (χ4n) is 2.93. The summed E-state index contributed by atoms with van der Waals surface area (Å²) in [4.78, 5) is 37.3. The molecule has 0 saturated heterocycles. The summed E-state index contributed by atoms with van der Waals surface area (Å²) in [6.07, 6.45) is 3.67. The van der Waals surface area contributed by atoms with E-state index in [0.717, 1.165) is 24.8 Å². The molecule has 5 nitrogen and oxygen atoms in total.